The predicted molar refractivity (Wildman–Crippen MR) is 127 cm³/mol. The lowest BCUT2D eigenvalue weighted by Crippen LogP contribution is -2.58. The Morgan fingerprint density at radius 2 is 1.59 bits per heavy atom. The fraction of sp³-hybridized carbons (Fsp3) is 0.321. The molecule has 1 unspecified atom stereocenters. The van der Waals surface area contributed by atoms with E-state index in [-0.39, 0.29) is 5.78 Å². The largest absolute Gasteiger partial charge is 0.496 e. The maximum Gasteiger partial charge on any atom is 0.191 e. The van der Waals surface area contributed by atoms with Crippen molar-refractivity contribution in [2.75, 3.05) is 33.3 Å². The van der Waals surface area contributed by atoms with E-state index in [1.54, 1.807) is 7.11 Å². The summed E-state index contributed by atoms with van der Waals surface area (Å²) in [6, 6.07) is 24.9. The zero-order valence-electron chi connectivity index (χ0n) is 18.9. The summed E-state index contributed by atoms with van der Waals surface area (Å²) in [7, 11) is 1.65. The molecule has 0 saturated carbocycles. The van der Waals surface area contributed by atoms with E-state index in [1.165, 1.54) is 11.1 Å². The molecule has 1 fully saturated rings. The van der Waals surface area contributed by atoms with E-state index in [4.69, 9.17) is 4.74 Å². The van der Waals surface area contributed by atoms with Gasteiger partial charge in [0.15, 0.2) is 5.78 Å². The second-order valence-electron chi connectivity index (χ2n) is 8.92. The van der Waals surface area contributed by atoms with E-state index in [0.717, 1.165) is 49.4 Å². The van der Waals surface area contributed by atoms with Gasteiger partial charge in [0.25, 0.3) is 0 Å². The van der Waals surface area contributed by atoms with Crippen molar-refractivity contribution in [3.8, 4) is 5.75 Å². The first-order valence-corrected chi connectivity index (χ1v) is 11.4. The third-order valence-electron chi connectivity index (χ3n) is 7.20. The average molecular weight is 427 g/mol. The summed E-state index contributed by atoms with van der Waals surface area (Å²) < 4.78 is 5.59. The number of nitrogens with zero attached hydrogens (tertiary/aromatic N) is 2. The van der Waals surface area contributed by atoms with Gasteiger partial charge in [0.05, 0.1) is 12.7 Å². The maximum absolute atomic E-state index is 14.1. The number of carbonyl (C=O) groups is 1. The zero-order chi connectivity index (χ0) is 22.1. The van der Waals surface area contributed by atoms with Crippen LogP contribution in [-0.4, -0.2) is 48.9 Å². The second-order valence-corrected chi connectivity index (χ2v) is 8.92. The Morgan fingerprint density at radius 3 is 2.31 bits per heavy atom. The van der Waals surface area contributed by atoms with Crippen molar-refractivity contribution in [3.63, 3.8) is 0 Å². The highest BCUT2D eigenvalue weighted by Crippen LogP contribution is 2.45. The summed E-state index contributed by atoms with van der Waals surface area (Å²) in [5.41, 5.74) is 4.97. The van der Waals surface area contributed by atoms with Gasteiger partial charge < -0.3 is 4.74 Å². The number of ether oxygens (including phenoxy) is 1. The number of carbonyl (C=O) groups excluding carboxylic acids is 1. The van der Waals surface area contributed by atoms with Crippen molar-refractivity contribution in [1.82, 2.24) is 9.80 Å². The fourth-order valence-corrected chi connectivity index (χ4v) is 5.42. The molecule has 0 spiro atoms. The van der Waals surface area contributed by atoms with Crippen molar-refractivity contribution in [1.29, 1.82) is 0 Å². The average Bonchev–Trinajstić information content (AvgIpc) is 3.15. The maximum atomic E-state index is 14.1. The number of hydrogen-bond acceptors (Lipinski definition) is 4. The van der Waals surface area contributed by atoms with Gasteiger partial charge in [0.2, 0.25) is 0 Å². The molecule has 2 aliphatic rings. The number of rotatable bonds is 5. The van der Waals surface area contributed by atoms with Gasteiger partial charge in [-0.05, 0) is 35.2 Å². The van der Waals surface area contributed by atoms with Crippen LogP contribution in [0.4, 0.5) is 0 Å². The molecular formula is C28H30N2O2. The van der Waals surface area contributed by atoms with Gasteiger partial charge in [-0.25, -0.2) is 0 Å². The first-order valence-electron chi connectivity index (χ1n) is 11.4. The molecule has 32 heavy (non-hydrogen) atoms. The zero-order valence-corrected chi connectivity index (χ0v) is 18.9. The minimum atomic E-state index is -0.660. The van der Waals surface area contributed by atoms with Crippen molar-refractivity contribution < 1.29 is 9.53 Å². The van der Waals surface area contributed by atoms with Crippen LogP contribution >= 0.6 is 0 Å². The molecule has 0 radical (unpaired) electrons. The van der Waals surface area contributed by atoms with Gasteiger partial charge >= 0.3 is 0 Å². The molecular weight excluding hydrogens is 396 g/mol. The standard InChI is InChI=1S/C28H30N2O2/c1-21-9-6-7-10-23(21)20-29-15-17-30(18-16-29)28(24-12-4-3-5-13-24)19-22-11-8-14-25(32-2)26(22)27(28)31/h3-14H,15-20H2,1-2H3. The Labute approximate surface area is 190 Å². The summed E-state index contributed by atoms with van der Waals surface area (Å²) in [6.45, 7) is 6.76. The van der Waals surface area contributed by atoms with E-state index >= 15 is 0 Å². The van der Waals surface area contributed by atoms with E-state index in [1.807, 2.05) is 30.3 Å². The van der Waals surface area contributed by atoms with Crippen LogP contribution in [0.1, 0.15) is 32.6 Å². The first kappa shape index (κ1) is 20.9. The molecule has 1 heterocycles. The summed E-state index contributed by atoms with van der Waals surface area (Å²) in [5, 5.41) is 0. The Morgan fingerprint density at radius 1 is 0.875 bits per heavy atom. The molecule has 0 bridgehead atoms. The molecule has 5 rings (SSSR count). The Hall–Kier alpha value is -2.95. The van der Waals surface area contributed by atoms with Crippen molar-refractivity contribution in [2.24, 2.45) is 0 Å². The number of benzene rings is 3. The summed E-state index contributed by atoms with van der Waals surface area (Å²) in [5.74, 6) is 0.854. The van der Waals surface area contributed by atoms with E-state index in [0.29, 0.717) is 12.2 Å². The monoisotopic (exact) mass is 426 g/mol. The lowest BCUT2D eigenvalue weighted by Gasteiger charge is -2.45. The van der Waals surface area contributed by atoms with Crippen LogP contribution in [0, 0.1) is 6.92 Å². The number of Topliss-reactive ketones (excluding diaryl/α,β-unsaturated/α-hetero) is 1. The summed E-state index contributed by atoms with van der Waals surface area (Å²) in [6.07, 6.45) is 0.695. The number of aryl methyl sites for hydroxylation is 1. The normalized spacial score (nSPS) is 21.5. The minimum absolute atomic E-state index is 0.170. The lowest BCUT2D eigenvalue weighted by molar-refractivity contribution is 0.0287. The molecule has 1 atom stereocenters. The molecule has 4 heteroatoms. The highest BCUT2D eigenvalue weighted by molar-refractivity contribution is 6.10. The third-order valence-corrected chi connectivity index (χ3v) is 7.20. The highest BCUT2D eigenvalue weighted by Gasteiger charge is 2.52. The van der Waals surface area contributed by atoms with Crippen molar-refractivity contribution in [3.05, 3.63) is 101 Å². The number of fused-ring (bicyclic) bond motifs is 1. The topological polar surface area (TPSA) is 32.8 Å². The molecule has 0 amide bonds. The van der Waals surface area contributed by atoms with Crippen LogP contribution in [-0.2, 0) is 18.5 Å². The van der Waals surface area contributed by atoms with Crippen LogP contribution in [0.3, 0.4) is 0 Å². The van der Waals surface area contributed by atoms with Crippen molar-refractivity contribution >= 4 is 5.78 Å². The van der Waals surface area contributed by atoms with Gasteiger partial charge in [-0.15, -0.1) is 0 Å². The molecule has 1 aliphatic carbocycles. The molecule has 1 saturated heterocycles. The number of piperazine rings is 1. The van der Waals surface area contributed by atoms with Crippen LogP contribution in [0.25, 0.3) is 0 Å². The Kier molecular flexibility index (Phi) is 5.58. The molecule has 164 valence electrons. The van der Waals surface area contributed by atoms with Crippen LogP contribution in [0.2, 0.25) is 0 Å². The number of methoxy groups -OCH3 is 1. The molecule has 3 aromatic rings. The van der Waals surface area contributed by atoms with Gasteiger partial charge in [0, 0.05) is 39.1 Å². The second kappa shape index (κ2) is 8.53. The van der Waals surface area contributed by atoms with Gasteiger partial charge in [-0.3, -0.25) is 14.6 Å². The SMILES string of the molecule is COc1cccc2c1C(=O)C(c1ccccc1)(N1CCN(Cc3ccccc3C)CC1)C2. The van der Waals surface area contributed by atoms with Gasteiger partial charge in [0.1, 0.15) is 11.3 Å². The molecule has 4 nitrogen and oxygen atoms in total. The minimum Gasteiger partial charge on any atom is -0.496 e. The van der Waals surface area contributed by atoms with Gasteiger partial charge in [-0.2, -0.15) is 0 Å². The quantitative estimate of drug-likeness (QED) is 0.603. The molecule has 3 aromatic carbocycles. The lowest BCUT2D eigenvalue weighted by atomic mass is 9.83. The fourth-order valence-electron chi connectivity index (χ4n) is 5.42. The number of hydrogen-bond donors (Lipinski definition) is 0. The highest BCUT2D eigenvalue weighted by atomic mass is 16.5. The molecule has 0 aromatic heterocycles. The van der Waals surface area contributed by atoms with E-state index < -0.39 is 5.54 Å². The first-order chi connectivity index (χ1) is 15.6. The van der Waals surface area contributed by atoms with Crippen LogP contribution in [0.5, 0.6) is 5.75 Å². The van der Waals surface area contributed by atoms with Crippen LogP contribution < -0.4 is 4.74 Å². The number of ketones is 1. The molecule has 1 aliphatic heterocycles. The molecule has 0 N–H and O–H groups in total. The van der Waals surface area contributed by atoms with Crippen molar-refractivity contribution in [2.45, 2.75) is 25.4 Å². The van der Waals surface area contributed by atoms with Crippen LogP contribution in [0.15, 0.2) is 72.8 Å². The van der Waals surface area contributed by atoms with E-state index in [2.05, 4.69) is 59.2 Å². The van der Waals surface area contributed by atoms with E-state index in [9.17, 15) is 4.79 Å². The third kappa shape index (κ3) is 3.44. The summed E-state index contributed by atoms with van der Waals surface area (Å²) >= 11 is 0. The summed E-state index contributed by atoms with van der Waals surface area (Å²) in [4.78, 5) is 19.0. The van der Waals surface area contributed by atoms with Gasteiger partial charge in [-0.1, -0.05) is 66.7 Å². The Balaban J connectivity index is 1.44. The Bertz CT molecular complexity index is 1120. The predicted octanol–water partition coefficient (Wildman–Crippen LogP) is 4.46. The smallest absolute Gasteiger partial charge is 0.191 e.